The molecule has 0 heterocycles. The van der Waals surface area contributed by atoms with E-state index in [2.05, 4.69) is 5.32 Å². The van der Waals surface area contributed by atoms with E-state index in [1.807, 2.05) is 24.3 Å². The van der Waals surface area contributed by atoms with E-state index in [4.69, 9.17) is 14.0 Å². The number of anilines is 1. The topological polar surface area (TPSA) is 102 Å². The fourth-order valence-corrected chi connectivity index (χ4v) is 2.89. The summed E-state index contributed by atoms with van der Waals surface area (Å²) in [7, 11) is -3.53. The normalized spacial score (nSPS) is 12.4. The van der Waals surface area contributed by atoms with E-state index >= 15 is 0 Å². The Morgan fingerprint density at radius 2 is 1.67 bits per heavy atom. The Labute approximate surface area is 159 Å². The second kappa shape index (κ2) is 9.38. The van der Waals surface area contributed by atoms with Gasteiger partial charge in [0.15, 0.2) is 6.10 Å². The van der Waals surface area contributed by atoms with Crippen molar-refractivity contribution in [3.8, 4) is 5.75 Å². The van der Waals surface area contributed by atoms with Crippen LogP contribution in [0.15, 0.2) is 48.5 Å². The first-order valence-corrected chi connectivity index (χ1v) is 10.2. The SMILES string of the molecule is CCOC(Cc1ccc(NCc2ccc(OS(C)(=O)=O)cc2)cc1)C(=O)O. The molecule has 0 saturated heterocycles. The number of nitrogens with one attached hydrogen (secondary N) is 1. The molecule has 0 bridgehead atoms. The lowest BCUT2D eigenvalue weighted by atomic mass is 10.1. The second-order valence-corrected chi connectivity index (χ2v) is 7.54. The Hall–Kier alpha value is -2.58. The van der Waals surface area contributed by atoms with Crippen LogP contribution in [0.1, 0.15) is 18.1 Å². The van der Waals surface area contributed by atoms with Crippen LogP contribution in [0.5, 0.6) is 5.75 Å². The minimum absolute atomic E-state index is 0.271. The van der Waals surface area contributed by atoms with Crippen LogP contribution in [-0.4, -0.2) is 38.5 Å². The van der Waals surface area contributed by atoms with Gasteiger partial charge in [0, 0.05) is 25.3 Å². The van der Waals surface area contributed by atoms with Gasteiger partial charge in [-0.15, -0.1) is 0 Å². The molecule has 0 saturated carbocycles. The van der Waals surface area contributed by atoms with Crippen LogP contribution in [0.25, 0.3) is 0 Å². The Kier molecular flexibility index (Phi) is 7.20. The molecule has 0 aliphatic rings. The molecule has 146 valence electrons. The largest absolute Gasteiger partial charge is 0.479 e. The number of hydrogen-bond acceptors (Lipinski definition) is 6. The van der Waals surface area contributed by atoms with Crippen LogP contribution < -0.4 is 9.50 Å². The summed E-state index contributed by atoms with van der Waals surface area (Å²) in [6.45, 7) is 2.67. The minimum Gasteiger partial charge on any atom is -0.479 e. The highest BCUT2D eigenvalue weighted by atomic mass is 32.2. The number of hydrogen-bond donors (Lipinski definition) is 2. The lowest BCUT2D eigenvalue weighted by molar-refractivity contribution is -0.149. The molecule has 2 rings (SSSR count). The summed E-state index contributed by atoms with van der Waals surface area (Å²) in [6, 6.07) is 14.2. The van der Waals surface area contributed by atoms with Gasteiger partial charge in [0.25, 0.3) is 0 Å². The predicted molar refractivity (Wildman–Crippen MR) is 102 cm³/mol. The molecular formula is C19H23NO6S. The molecule has 0 spiro atoms. The maximum absolute atomic E-state index is 11.1. The number of aliphatic carboxylic acids is 1. The Morgan fingerprint density at radius 3 is 2.19 bits per heavy atom. The standard InChI is InChI=1S/C19H23NO6S/c1-3-25-18(19(21)22)12-14-4-8-16(9-5-14)20-13-15-6-10-17(11-7-15)26-27(2,23)24/h4-11,18,20H,3,12-13H2,1-2H3,(H,21,22). The van der Waals surface area contributed by atoms with Crippen molar-refractivity contribution in [3.05, 3.63) is 59.7 Å². The average Bonchev–Trinajstić information content (AvgIpc) is 2.60. The van der Waals surface area contributed by atoms with Gasteiger partial charge in [-0.05, 0) is 42.3 Å². The molecule has 27 heavy (non-hydrogen) atoms. The van der Waals surface area contributed by atoms with E-state index in [1.54, 1.807) is 31.2 Å². The summed E-state index contributed by atoms with van der Waals surface area (Å²) < 4.78 is 32.2. The lowest BCUT2D eigenvalue weighted by Gasteiger charge is -2.13. The van der Waals surface area contributed by atoms with Gasteiger partial charge >= 0.3 is 16.1 Å². The van der Waals surface area contributed by atoms with Crippen LogP contribution in [0.4, 0.5) is 5.69 Å². The highest BCUT2D eigenvalue weighted by Gasteiger charge is 2.17. The molecule has 8 heteroatoms. The third-order valence-electron chi connectivity index (χ3n) is 3.69. The van der Waals surface area contributed by atoms with Crippen molar-refractivity contribution in [1.82, 2.24) is 0 Å². The Morgan fingerprint density at radius 1 is 1.07 bits per heavy atom. The van der Waals surface area contributed by atoms with Gasteiger partial charge < -0.3 is 19.3 Å². The molecule has 1 unspecified atom stereocenters. The summed E-state index contributed by atoms with van der Waals surface area (Å²) >= 11 is 0. The quantitative estimate of drug-likeness (QED) is 0.598. The molecular weight excluding hydrogens is 370 g/mol. The van der Waals surface area contributed by atoms with Crippen molar-refractivity contribution in [2.45, 2.75) is 26.0 Å². The molecule has 1 atom stereocenters. The smallest absolute Gasteiger partial charge is 0.333 e. The third kappa shape index (κ3) is 7.28. The molecule has 2 N–H and O–H groups in total. The van der Waals surface area contributed by atoms with Crippen molar-refractivity contribution in [2.24, 2.45) is 0 Å². The van der Waals surface area contributed by atoms with Crippen molar-refractivity contribution >= 4 is 21.8 Å². The zero-order chi connectivity index (χ0) is 19.9. The molecule has 0 fully saturated rings. The molecule has 2 aromatic carbocycles. The number of ether oxygens (including phenoxy) is 1. The lowest BCUT2D eigenvalue weighted by Crippen LogP contribution is -2.26. The van der Waals surface area contributed by atoms with Crippen molar-refractivity contribution in [3.63, 3.8) is 0 Å². The zero-order valence-electron chi connectivity index (χ0n) is 15.2. The summed E-state index contributed by atoms with van der Waals surface area (Å²) in [5.41, 5.74) is 2.73. The number of rotatable bonds is 10. The van der Waals surface area contributed by atoms with Gasteiger partial charge in [-0.2, -0.15) is 8.42 Å². The van der Waals surface area contributed by atoms with Crippen molar-refractivity contribution in [1.29, 1.82) is 0 Å². The summed E-state index contributed by atoms with van der Waals surface area (Å²) in [5, 5.41) is 12.4. The third-order valence-corrected chi connectivity index (χ3v) is 4.18. The van der Waals surface area contributed by atoms with E-state index in [1.165, 1.54) is 0 Å². The maximum Gasteiger partial charge on any atom is 0.333 e. The van der Waals surface area contributed by atoms with Crippen LogP contribution in [0.2, 0.25) is 0 Å². The highest BCUT2D eigenvalue weighted by molar-refractivity contribution is 7.86. The summed E-state index contributed by atoms with van der Waals surface area (Å²) in [4.78, 5) is 11.1. The van der Waals surface area contributed by atoms with Crippen LogP contribution in [0, 0.1) is 0 Å². The minimum atomic E-state index is -3.53. The van der Waals surface area contributed by atoms with Gasteiger partial charge in [-0.1, -0.05) is 24.3 Å². The van der Waals surface area contributed by atoms with Crippen molar-refractivity contribution in [2.75, 3.05) is 18.2 Å². The Balaban J connectivity index is 1.90. The van der Waals surface area contributed by atoms with E-state index < -0.39 is 22.2 Å². The van der Waals surface area contributed by atoms with Crippen molar-refractivity contribution < 1.29 is 27.2 Å². The molecule has 0 aromatic heterocycles. The average molecular weight is 393 g/mol. The number of benzene rings is 2. The first-order valence-electron chi connectivity index (χ1n) is 8.42. The molecule has 7 nitrogen and oxygen atoms in total. The van der Waals surface area contributed by atoms with Gasteiger partial charge in [-0.25, -0.2) is 4.79 Å². The van der Waals surface area contributed by atoms with E-state index in [0.717, 1.165) is 23.1 Å². The van der Waals surface area contributed by atoms with E-state index in [0.29, 0.717) is 19.6 Å². The predicted octanol–water partition coefficient (Wildman–Crippen LogP) is 2.67. The molecule has 0 amide bonds. The first-order chi connectivity index (χ1) is 12.8. The van der Waals surface area contributed by atoms with Gasteiger partial charge in [0.2, 0.25) is 0 Å². The first kappa shape index (κ1) is 20.7. The maximum atomic E-state index is 11.1. The van der Waals surface area contributed by atoms with Gasteiger partial charge in [0.05, 0.1) is 6.26 Å². The van der Waals surface area contributed by atoms with Crippen LogP contribution in [0.3, 0.4) is 0 Å². The molecule has 2 aromatic rings. The van der Waals surface area contributed by atoms with Crippen LogP contribution in [-0.2, 0) is 32.6 Å². The highest BCUT2D eigenvalue weighted by Crippen LogP contribution is 2.16. The van der Waals surface area contributed by atoms with E-state index in [-0.39, 0.29) is 5.75 Å². The monoisotopic (exact) mass is 393 g/mol. The number of carbonyl (C=O) groups is 1. The zero-order valence-corrected chi connectivity index (χ0v) is 16.0. The fraction of sp³-hybridized carbons (Fsp3) is 0.316. The van der Waals surface area contributed by atoms with Gasteiger partial charge in [0.1, 0.15) is 5.75 Å². The molecule has 0 aliphatic carbocycles. The second-order valence-electron chi connectivity index (χ2n) is 5.97. The fourth-order valence-electron chi connectivity index (χ4n) is 2.43. The van der Waals surface area contributed by atoms with Gasteiger partial charge in [-0.3, -0.25) is 0 Å². The number of carboxylic acid groups (broad SMARTS) is 1. The Bertz CT molecular complexity index is 847. The summed E-state index contributed by atoms with van der Waals surface area (Å²) in [5.74, 6) is -0.699. The molecule has 0 radical (unpaired) electrons. The summed E-state index contributed by atoms with van der Waals surface area (Å²) in [6.07, 6.45) is 0.464. The number of carboxylic acids is 1. The van der Waals surface area contributed by atoms with E-state index in [9.17, 15) is 13.2 Å². The van der Waals surface area contributed by atoms with Crippen LogP contribution >= 0.6 is 0 Å². The molecule has 0 aliphatic heterocycles.